The van der Waals surface area contributed by atoms with E-state index in [2.05, 4.69) is 15.2 Å². The van der Waals surface area contributed by atoms with E-state index in [4.69, 9.17) is 0 Å². The van der Waals surface area contributed by atoms with Gasteiger partial charge in [0, 0.05) is 12.7 Å². The average Bonchev–Trinajstić information content (AvgIpc) is 2.72. The Balaban J connectivity index is 1.51. The quantitative estimate of drug-likeness (QED) is 0.929. The Hall–Kier alpha value is -1.42. The topological polar surface area (TPSA) is 45.2 Å². The second kappa shape index (κ2) is 6.56. The average molecular weight is 287 g/mol. The fraction of sp³-hybridized carbons (Fsp3) is 0.647. The largest absolute Gasteiger partial charge is 0.324 e. The predicted molar refractivity (Wildman–Crippen MR) is 84.1 cm³/mol. The predicted octanol–water partition coefficient (Wildman–Crippen LogP) is 3.07. The number of rotatable bonds is 3. The minimum absolute atomic E-state index is 0.0775. The van der Waals surface area contributed by atoms with Gasteiger partial charge in [0.1, 0.15) is 0 Å². The number of carbonyl (C=O) groups is 1. The van der Waals surface area contributed by atoms with Crippen molar-refractivity contribution in [2.75, 3.05) is 25.0 Å². The number of anilines is 1. The van der Waals surface area contributed by atoms with E-state index in [0.29, 0.717) is 12.0 Å². The number of nitrogens with one attached hydrogen (secondary N) is 1. The van der Waals surface area contributed by atoms with E-state index >= 15 is 0 Å². The van der Waals surface area contributed by atoms with E-state index in [0.717, 1.165) is 18.8 Å². The van der Waals surface area contributed by atoms with Gasteiger partial charge in [-0.1, -0.05) is 25.7 Å². The molecule has 4 nitrogen and oxygen atoms in total. The summed E-state index contributed by atoms with van der Waals surface area (Å²) >= 11 is 0. The molecule has 2 aliphatic rings. The fourth-order valence-corrected chi connectivity index (χ4v) is 3.89. The van der Waals surface area contributed by atoms with E-state index in [1.165, 1.54) is 44.9 Å². The summed E-state index contributed by atoms with van der Waals surface area (Å²) in [6, 6.07) is 3.72. The van der Waals surface area contributed by atoms with Gasteiger partial charge in [-0.25, -0.2) is 0 Å². The molecule has 2 fully saturated rings. The van der Waals surface area contributed by atoms with Gasteiger partial charge in [-0.3, -0.25) is 14.7 Å². The molecule has 1 N–H and O–H groups in total. The van der Waals surface area contributed by atoms with Gasteiger partial charge in [0.2, 0.25) is 5.91 Å². The Bertz CT molecular complexity index is 466. The lowest BCUT2D eigenvalue weighted by molar-refractivity contribution is -0.117. The lowest BCUT2D eigenvalue weighted by atomic mass is 9.80. The summed E-state index contributed by atoms with van der Waals surface area (Å²) in [6.45, 7) is 2.69. The maximum absolute atomic E-state index is 12.1. The molecule has 114 valence electrons. The standard InChI is InChI=1S/C17H25N3O/c21-16(19-15-6-5-10-18-12-15)13-20-11-9-17(14-20)7-3-1-2-4-8-17/h5-6,10,12H,1-4,7-9,11,13-14H2,(H,19,21). The molecule has 1 saturated carbocycles. The number of likely N-dealkylation sites (tertiary alicyclic amines) is 1. The van der Waals surface area contributed by atoms with E-state index in [-0.39, 0.29) is 5.91 Å². The number of aromatic nitrogens is 1. The van der Waals surface area contributed by atoms with Crippen molar-refractivity contribution in [1.82, 2.24) is 9.88 Å². The summed E-state index contributed by atoms with van der Waals surface area (Å²) in [6.07, 6.45) is 12.9. The van der Waals surface area contributed by atoms with E-state index in [9.17, 15) is 4.79 Å². The van der Waals surface area contributed by atoms with Crippen molar-refractivity contribution in [3.8, 4) is 0 Å². The molecule has 0 aromatic carbocycles. The first-order valence-corrected chi connectivity index (χ1v) is 8.18. The first-order chi connectivity index (χ1) is 10.3. The van der Waals surface area contributed by atoms with E-state index in [1.807, 2.05) is 12.1 Å². The highest BCUT2D eigenvalue weighted by atomic mass is 16.2. The Morgan fingerprint density at radius 1 is 1.24 bits per heavy atom. The summed E-state index contributed by atoms with van der Waals surface area (Å²) in [4.78, 5) is 18.5. The lowest BCUT2D eigenvalue weighted by Crippen LogP contribution is -2.33. The summed E-state index contributed by atoms with van der Waals surface area (Å²) in [7, 11) is 0. The number of hydrogen-bond donors (Lipinski definition) is 1. The van der Waals surface area contributed by atoms with Crippen molar-refractivity contribution < 1.29 is 4.79 Å². The van der Waals surface area contributed by atoms with Crippen LogP contribution in [0.15, 0.2) is 24.5 Å². The van der Waals surface area contributed by atoms with Crippen molar-refractivity contribution in [2.45, 2.75) is 44.9 Å². The molecule has 1 amide bonds. The molecule has 0 bridgehead atoms. The van der Waals surface area contributed by atoms with Crippen molar-refractivity contribution in [2.24, 2.45) is 5.41 Å². The number of hydrogen-bond acceptors (Lipinski definition) is 3. The summed E-state index contributed by atoms with van der Waals surface area (Å²) in [5, 5.41) is 2.93. The Morgan fingerprint density at radius 2 is 2.05 bits per heavy atom. The van der Waals surface area contributed by atoms with Gasteiger partial charge < -0.3 is 5.32 Å². The van der Waals surface area contributed by atoms with Crippen LogP contribution in [0, 0.1) is 5.41 Å². The van der Waals surface area contributed by atoms with Gasteiger partial charge in [-0.15, -0.1) is 0 Å². The van der Waals surface area contributed by atoms with Crippen molar-refractivity contribution in [1.29, 1.82) is 0 Å². The van der Waals surface area contributed by atoms with Crippen LogP contribution in [0.5, 0.6) is 0 Å². The van der Waals surface area contributed by atoms with Crippen molar-refractivity contribution in [3.05, 3.63) is 24.5 Å². The monoisotopic (exact) mass is 287 g/mol. The highest BCUT2D eigenvalue weighted by Crippen LogP contribution is 2.42. The maximum atomic E-state index is 12.1. The summed E-state index contributed by atoms with van der Waals surface area (Å²) in [5.74, 6) is 0.0775. The zero-order valence-electron chi connectivity index (χ0n) is 12.7. The Labute approximate surface area is 126 Å². The fourth-order valence-electron chi connectivity index (χ4n) is 3.89. The number of amides is 1. The molecule has 1 spiro atoms. The highest BCUT2D eigenvalue weighted by molar-refractivity contribution is 5.92. The molecular weight excluding hydrogens is 262 g/mol. The van der Waals surface area contributed by atoms with Gasteiger partial charge >= 0.3 is 0 Å². The molecule has 1 aromatic rings. The lowest BCUT2D eigenvalue weighted by Gasteiger charge is -2.27. The van der Waals surface area contributed by atoms with E-state index < -0.39 is 0 Å². The third-order valence-corrected chi connectivity index (χ3v) is 4.99. The molecule has 4 heteroatoms. The second-order valence-corrected chi connectivity index (χ2v) is 6.66. The van der Waals surface area contributed by atoms with Gasteiger partial charge in [0.25, 0.3) is 0 Å². The third-order valence-electron chi connectivity index (χ3n) is 4.99. The zero-order valence-corrected chi connectivity index (χ0v) is 12.7. The Kier molecular flexibility index (Phi) is 4.54. The third kappa shape index (κ3) is 3.82. The van der Waals surface area contributed by atoms with Gasteiger partial charge in [0.15, 0.2) is 0 Å². The smallest absolute Gasteiger partial charge is 0.238 e. The first kappa shape index (κ1) is 14.5. The number of pyridine rings is 1. The summed E-state index contributed by atoms with van der Waals surface area (Å²) < 4.78 is 0. The molecule has 1 aliphatic heterocycles. The molecular formula is C17H25N3O. The minimum atomic E-state index is 0.0775. The molecule has 3 rings (SSSR count). The van der Waals surface area contributed by atoms with E-state index in [1.54, 1.807) is 12.4 Å². The van der Waals surface area contributed by atoms with Gasteiger partial charge in [-0.05, 0) is 43.4 Å². The van der Waals surface area contributed by atoms with Crippen LogP contribution in [0.4, 0.5) is 5.69 Å². The SMILES string of the molecule is O=C(CN1CCC2(CCCCCC2)C1)Nc1cccnc1. The first-order valence-electron chi connectivity index (χ1n) is 8.18. The second-order valence-electron chi connectivity index (χ2n) is 6.66. The van der Waals surface area contributed by atoms with Crippen LogP contribution in [-0.4, -0.2) is 35.4 Å². The van der Waals surface area contributed by atoms with Crippen LogP contribution in [0.3, 0.4) is 0 Å². The molecule has 0 atom stereocenters. The van der Waals surface area contributed by atoms with Crippen LogP contribution < -0.4 is 5.32 Å². The van der Waals surface area contributed by atoms with Crippen LogP contribution in [0.2, 0.25) is 0 Å². The van der Waals surface area contributed by atoms with Crippen LogP contribution in [0.25, 0.3) is 0 Å². The maximum Gasteiger partial charge on any atom is 0.238 e. The van der Waals surface area contributed by atoms with Crippen LogP contribution >= 0.6 is 0 Å². The van der Waals surface area contributed by atoms with Crippen LogP contribution in [0.1, 0.15) is 44.9 Å². The molecule has 21 heavy (non-hydrogen) atoms. The van der Waals surface area contributed by atoms with Crippen molar-refractivity contribution >= 4 is 11.6 Å². The molecule has 2 heterocycles. The Morgan fingerprint density at radius 3 is 2.76 bits per heavy atom. The van der Waals surface area contributed by atoms with Gasteiger partial charge in [0.05, 0.1) is 18.4 Å². The molecule has 1 saturated heterocycles. The molecule has 1 aliphatic carbocycles. The summed E-state index contributed by atoms with van der Waals surface area (Å²) in [5.41, 5.74) is 1.29. The highest BCUT2D eigenvalue weighted by Gasteiger charge is 2.38. The molecule has 0 unspecified atom stereocenters. The zero-order chi connectivity index (χ0) is 14.5. The minimum Gasteiger partial charge on any atom is -0.324 e. The van der Waals surface area contributed by atoms with Gasteiger partial charge in [-0.2, -0.15) is 0 Å². The normalized spacial score (nSPS) is 22.1. The van der Waals surface area contributed by atoms with Crippen molar-refractivity contribution in [3.63, 3.8) is 0 Å². The molecule has 0 radical (unpaired) electrons. The van der Waals surface area contributed by atoms with Crippen LogP contribution in [-0.2, 0) is 4.79 Å². The number of carbonyl (C=O) groups excluding carboxylic acids is 1. The molecule has 1 aromatic heterocycles. The number of nitrogens with zero attached hydrogens (tertiary/aromatic N) is 2.